The van der Waals surface area contributed by atoms with E-state index >= 15 is 0 Å². The van der Waals surface area contributed by atoms with E-state index in [-0.39, 0.29) is 12.2 Å². The third kappa shape index (κ3) is 2.82. The fourth-order valence-corrected chi connectivity index (χ4v) is 2.37. The van der Waals surface area contributed by atoms with Crippen LogP contribution in [-0.2, 0) is 6.18 Å². The molecule has 1 aromatic carbocycles. The summed E-state index contributed by atoms with van der Waals surface area (Å²) in [4.78, 5) is 1.55. The first kappa shape index (κ1) is 13.7. The summed E-state index contributed by atoms with van der Waals surface area (Å²) in [6.07, 6.45) is -3.29. The van der Waals surface area contributed by atoms with E-state index in [1.165, 1.54) is 12.1 Å². The fourth-order valence-electron chi connectivity index (χ4n) is 2.37. The molecule has 102 valence electrons. The van der Waals surface area contributed by atoms with E-state index < -0.39 is 17.3 Å². The first-order valence-corrected chi connectivity index (χ1v) is 5.97. The lowest BCUT2D eigenvalue weighted by molar-refractivity contribution is -0.137. The minimum absolute atomic E-state index is 0.0970. The Labute approximate surface area is 109 Å². The van der Waals surface area contributed by atoms with Crippen LogP contribution >= 0.6 is 0 Å². The largest absolute Gasteiger partial charge is 0.418 e. The molecule has 1 aromatic rings. The Morgan fingerprint density at radius 2 is 2.00 bits per heavy atom. The predicted molar refractivity (Wildman–Crippen MR) is 65.4 cm³/mol. The molecule has 1 aliphatic heterocycles. The summed E-state index contributed by atoms with van der Waals surface area (Å²) in [7, 11) is 0. The minimum Gasteiger partial charge on any atom is -0.368 e. The molecule has 1 heterocycles. The lowest BCUT2D eigenvalue weighted by Crippen LogP contribution is -2.53. The fraction of sp³-hybridized carbons (Fsp3) is 0.462. The first-order chi connectivity index (χ1) is 8.86. The lowest BCUT2D eigenvalue weighted by atomic mass is 9.91. The van der Waals surface area contributed by atoms with Gasteiger partial charge in [-0.05, 0) is 25.0 Å². The lowest BCUT2D eigenvalue weighted by Gasteiger charge is -2.38. The molecule has 0 aliphatic carbocycles. The molecule has 19 heavy (non-hydrogen) atoms. The van der Waals surface area contributed by atoms with Gasteiger partial charge in [0.25, 0.3) is 0 Å². The molecule has 2 rings (SSSR count). The third-order valence-electron chi connectivity index (χ3n) is 3.30. The van der Waals surface area contributed by atoms with Crippen LogP contribution in [0.15, 0.2) is 24.3 Å². The molecular formula is C13H14F3N3. The molecule has 2 N–H and O–H groups in total. The van der Waals surface area contributed by atoms with Gasteiger partial charge in [0, 0.05) is 18.8 Å². The summed E-state index contributed by atoms with van der Waals surface area (Å²) in [6, 6.07) is 7.38. The van der Waals surface area contributed by atoms with Crippen LogP contribution < -0.4 is 10.6 Å². The van der Waals surface area contributed by atoms with Gasteiger partial charge in [0.2, 0.25) is 0 Å². The van der Waals surface area contributed by atoms with Crippen molar-refractivity contribution in [3.63, 3.8) is 0 Å². The van der Waals surface area contributed by atoms with Crippen molar-refractivity contribution in [1.29, 1.82) is 5.26 Å². The molecule has 6 heteroatoms. The number of hydrogen-bond acceptors (Lipinski definition) is 3. The van der Waals surface area contributed by atoms with Crippen LogP contribution in [0.4, 0.5) is 18.9 Å². The van der Waals surface area contributed by atoms with Gasteiger partial charge in [0.05, 0.1) is 11.6 Å². The Bertz CT molecular complexity index is 507. The molecule has 1 fully saturated rings. The van der Waals surface area contributed by atoms with E-state index in [0.717, 1.165) is 6.07 Å². The van der Waals surface area contributed by atoms with E-state index in [1.54, 1.807) is 11.0 Å². The van der Waals surface area contributed by atoms with Crippen molar-refractivity contribution >= 4 is 5.69 Å². The Kier molecular flexibility index (Phi) is 3.42. The highest BCUT2D eigenvalue weighted by molar-refractivity contribution is 5.56. The van der Waals surface area contributed by atoms with Gasteiger partial charge in [-0.25, -0.2) is 0 Å². The second-order valence-corrected chi connectivity index (χ2v) is 4.81. The maximum atomic E-state index is 13.0. The normalized spacial score (nSPS) is 24.1. The zero-order chi connectivity index (χ0) is 14.1. The quantitative estimate of drug-likeness (QED) is 0.852. The number of halogens is 3. The smallest absolute Gasteiger partial charge is 0.368 e. The highest BCUT2D eigenvalue weighted by Gasteiger charge is 2.38. The van der Waals surface area contributed by atoms with Crippen molar-refractivity contribution in [2.45, 2.75) is 24.6 Å². The van der Waals surface area contributed by atoms with Crippen LogP contribution in [0.1, 0.15) is 18.4 Å². The summed E-state index contributed by atoms with van der Waals surface area (Å²) in [5.74, 6) is 0. The van der Waals surface area contributed by atoms with Gasteiger partial charge < -0.3 is 10.6 Å². The van der Waals surface area contributed by atoms with Crippen molar-refractivity contribution in [3.05, 3.63) is 29.8 Å². The Morgan fingerprint density at radius 3 is 2.63 bits per heavy atom. The molecule has 1 atom stereocenters. The Balaban J connectivity index is 2.35. The van der Waals surface area contributed by atoms with Crippen LogP contribution in [0, 0.1) is 11.3 Å². The highest BCUT2D eigenvalue weighted by Crippen LogP contribution is 2.37. The number of para-hydroxylation sites is 1. The monoisotopic (exact) mass is 269 g/mol. The number of anilines is 1. The molecule has 0 bridgehead atoms. The van der Waals surface area contributed by atoms with Gasteiger partial charge >= 0.3 is 6.18 Å². The van der Waals surface area contributed by atoms with Gasteiger partial charge in [-0.3, -0.25) is 0 Å². The van der Waals surface area contributed by atoms with Gasteiger partial charge in [0.15, 0.2) is 0 Å². The standard InChI is InChI=1S/C13H14F3N3/c14-13(15,16)10-4-1-2-5-11(10)19-7-3-6-12(18,8-17)9-19/h1-2,4-5H,3,6-7,9,18H2. The molecule has 0 spiro atoms. The van der Waals surface area contributed by atoms with Crippen LogP contribution in [0.3, 0.4) is 0 Å². The molecule has 0 radical (unpaired) electrons. The van der Waals surface area contributed by atoms with Crippen molar-refractivity contribution in [2.24, 2.45) is 5.73 Å². The van der Waals surface area contributed by atoms with E-state index in [2.05, 4.69) is 0 Å². The molecule has 1 aliphatic rings. The van der Waals surface area contributed by atoms with E-state index in [9.17, 15) is 13.2 Å². The van der Waals surface area contributed by atoms with Crippen LogP contribution in [0.5, 0.6) is 0 Å². The van der Waals surface area contributed by atoms with Crippen molar-refractivity contribution in [3.8, 4) is 6.07 Å². The average Bonchev–Trinajstić information content (AvgIpc) is 2.38. The summed E-state index contributed by atoms with van der Waals surface area (Å²) in [5, 5.41) is 9.02. The maximum absolute atomic E-state index is 13.0. The molecule has 0 aromatic heterocycles. The van der Waals surface area contributed by atoms with Crippen LogP contribution in [0.2, 0.25) is 0 Å². The maximum Gasteiger partial charge on any atom is 0.418 e. The molecule has 1 saturated heterocycles. The number of benzene rings is 1. The summed E-state index contributed by atoms with van der Waals surface area (Å²) in [6.45, 7) is 0.602. The van der Waals surface area contributed by atoms with Crippen molar-refractivity contribution in [1.82, 2.24) is 0 Å². The number of hydrogen-bond donors (Lipinski definition) is 1. The number of nitrogens with two attached hydrogens (primary N) is 1. The Hall–Kier alpha value is -1.74. The Morgan fingerprint density at radius 1 is 1.32 bits per heavy atom. The summed E-state index contributed by atoms with van der Waals surface area (Å²) < 4.78 is 38.9. The van der Waals surface area contributed by atoms with Crippen molar-refractivity contribution in [2.75, 3.05) is 18.0 Å². The van der Waals surface area contributed by atoms with Gasteiger partial charge in [-0.2, -0.15) is 18.4 Å². The minimum atomic E-state index is -4.40. The van der Waals surface area contributed by atoms with E-state index in [0.29, 0.717) is 19.4 Å². The zero-order valence-corrected chi connectivity index (χ0v) is 10.2. The molecule has 0 amide bonds. The van der Waals surface area contributed by atoms with Gasteiger partial charge in [-0.15, -0.1) is 0 Å². The topological polar surface area (TPSA) is 53.1 Å². The van der Waals surface area contributed by atoms with Gasteiger partial charge in [0.1, 0.15) is 5.54 Å². The molecule has 3 nitrogen and oxygen atoms in total. The summed E-state index contributed by atoms with van der Waals surface area (Å²) in [5.41, 5.74) is 4.20. The SMILES string of the molecule is N#CC1(N)CCCN(c2ccccc2C(F)(F)F)C1. The third-order valence-corrected chi connectivity index (χ3v) is 3.30. The molecular weight excluding hydrogens is 255 g/mol. The number of alkyl halides is 3. The number of nitriles is 1. The second-order valence-electron chi connectivity index (χ2n) is 4.81. The van der Waals surface area contributed by atoms with Crippen molar-refractivity contribution < 1.29 is 13.2 Å². The summed E-state index contributed by atoms with van der Waals surface area (Å²) >= 11 is 0. The molecule has 0 saturated carbocycles. The van der Waals surface area contributed by atoms with E-state index in [1.807, 2.05) is 6.07 Å². The van der Waals surface area contributed by atoms with Gasteiger partial charge in [-0.1, -0.05) is 12.1 Å². The zero-order valence-electron chi connectivity index (χ0n) is 10.2. The number of nitrogens with zero attached hydrogens (tertiary/aromatic N) is 2. The van der Waals surface area contributed by atoms with Crippen LogP contribution in [0.25, 0.3) is 0 Å². The number of rotatable bonds is 1. The van der Waals surface area contributed by atoms with Crippen LogP contribution in [-0.4, -0.2) is 18.6 Å². The first-order valence-electron chi connectivity index (χ1n) is 5.97. The highest BCUT2D eigenvalue weighted by atomic mass is 19.4. The van der Waals surface area contributed by atoms with E-state index in [4.69, 9.17) is 11.0 Å². The number of piperidine rings is 1. The molecule has 1 unspecified atom stereocenters. The average molecular weight is 269 g/mol. The second kappa shape index (κ2) is 4.74. The predicted octanol–water partition coefficient (Wildman–Crippen LogP) is 2.53.